The van der Waals surface area contributed by atoms with Crippen molar-refractivity contribution in [3.8, 4) is 0 Å². The number of nitrogens with one attached hydrogen (secondary N) is 1. The van der Waals surface area contributed by atoms with Crippen LogP contribution in [0.3, 0.4) is 0 Å². The van der Waals surface area contributed by atoms with Crippen molar-refractivity contribution < 1.29 is 0 Å². The molecule has 0 spiro atoms. The van der Waals surface area contributed by atoms with Crippen molar-refractivity contribution in [1.29, 1.82) is 0 Å². The summed E-state index contributed by atoms with van der Waals surface area (Å²) in [5.41, 5.74) is 3.68. The molecule has 4 nitrogen and oxygen atoms in total. The number of benzene rings is 1. The molecule has 104 valence electrons. The van der Waals surface area contributed by atoms with Crippen LogP contribution in [0, 0.1) is 0 Å². The van der Waals surface area contributed by atoms with Crippen LogP contribution < -0.4 is 5.56 Å². The molecular weight excluding hydrogens is 250 g/mol. The average molecular weight is 269 g/mol. The Bertz CT molecular complexity index is 829. The molecule has 2 heterocycles. The minimum atomic E-state index is 0.0604. The first-order chi connectivity index (χ1) is 9.67. The molecule has 2 aromatic heterocycles. The van der Waals surface area contributed by atoms with Crippen LogP contribution in [-0.4, -0.2) is 14.4 Å². The van der Waals surface area contributed by atoms with Gasteiger partial charge in [-0.25, -0.2) is 9.38 Å². The Kier molecular flexibility index (Phi) is 3.08. The maximum Gasteiger partial charge on any atom is 0.262 e. The van der Waals surface area contributed by atoms with Crippen molar-refractivity contribution in [2.75, 3.05) is 0 Å². The standard InChI is InChI=1S/C16H19N3O/c1-4-10(3)14-11(5-2)15(20)19-13-9-7-6-8-12(13)17-16(19)18-14/h6-10H,4-5H2,1-3H3,(H,17,18)/t10-/m1/s1. The zero-order chi connectivity index (χ0) is 14.3. The minimum Gasteiger partial charge on any atom is -0.328 e. The van der Waals surface area contributed by atoms with Crippen molar-refractivity contribution in [3.63, 3.8) is 0 Å². The monoisotopic (exact) mass is 269 g/mol. The topological polar surface area (TPSA) is 50.2 Å². The summed E-state index contributed by atoms with van der Waals surface area (Å²) in [5.74, 6) is 0.978. The second-order valence-corrected chi connectivity index (χ2v) is 5.24. The van der Waals surface area contributed by atoms with Gasteiger partial charge in [-0.1, -0.05) is 32.9 Å². The van der Waals surface area contributed by atoms with Gasteiger partial charge in [0, 0.05) is 11.3 Å². The second-order valence-electron chi connectivity index (χ2n) is 5.24. The number of hydrogen-bond acceptors (Lipinski definition) is 2. The lowest BCUT2D eigenvalue weighted by molar-refractivity contribution is 0.690. The molecule has 1 atom stereocenters. The van der Waals surface area contributed by atoms with E-state index in [4.69, 9.17) is 0 Å². The van der Waals surface area contributed by atoms with Crippen LogP contribution >= 0.6 is 0 Å². The number of aromatic nitrogens is 3. The maximum atomic E-state index is 12.8. The van der Waals surface area contributed by atoms with Crippen LogP contribution in [0.15, 0.2) is 29.1 Å². The van der Waals surface area contributed by atoms with Crippen molar-refractivity contribution in [3.05, 3.63) is 45.9 Å². The number of nitrogens with zero attached hydrogens (tertiary/aromatic N) is 2. The third-order valence-electron chi connectivity index (χ3n) is 4.05. The minimum absolute atomic E-state index is 0.0604. The van der Waals surface area contributed by atoms with Crippen LogP contribution in [-0.2, 0) is 6.42 Å². The molecule has 0 aliphatic rings. The zero-order valence-corrected chi connectivity index (χ0v) is 12.1. The predicted molar refractivity (Wildman–Crippen MR) is 81.4 cm³/mol. The third-order valence-corrected chi connectivity index (χ3v) is 4.05. The first kappa shape index (κ1) is 12.9. The molecule has 3 aromatic rings. The smallest absolute Gasteiger partial charge is 0.262 e. The van der Waals surface area contributed by atoms with Gasteiger partial charge in [0.05, 0.1) is 11.0 Å². The highest BCUT2D eigenvalue weighted by Crippen LogP contribution is 2.21. The predicted octanol–water partition coefficient (Wildman–Crippen LogP) is 3.25. The van der Waals surface area contributed by atoms with E-state index in [9.17, 15) is 4.79 Å². The molecule has 0 unspecified atom stereocenters. The molecule has 0 saturated carbocycles. The molecular formula is C16H19N3O. The van der Waals surface area contributed by atoms with Gasteiger partial charge in [-0.3, -0.25) is 4.79 Å². The van der Waals surface area contributed by atoms with E-state index in [0.29, 0.717) is 11.7 Å². The Morgan fingerprint density at radius 1 is 1.30 bits per heavy atom. The van der Waals surface area contributed by atoms with E-state index >= 15 is 0 Å². The van der Waals surface area contributed by atoms with Crippen LogP contribution in [0.4, 0.5) is 0 Å². The molecule has 0 bridgehead atoms. The molecule has 1 aromatic carbocycles. The van der Waals surface area contributed by atoms with Gasteiger partial charge < -0.3 is 4.98 Å². The lowest BCUT2D eigenvalue weighted by atomic mass is 9.99. The number of aromatic amines is 1. The van der Waals surface area contributed by atoms with Gasteiger partial charge in [0.1, 0.15) is 0 Å². The molecule has 4 heteroatoms. The van der Waals surface area contributed by atoms with E-state index in [1.54, 1.807) is 4.40 Å². The number of rotatable bonds is 3. The third kappa shape index (κ3) is 1.75. The highest BCUT2D eigenvalue weighted by atomic mass is 16.1. The van der Waals surface area contributed by atoms with Crippen LogP contribution in [0.25, 0.3) is 16.8 Å². The molecule has 0 radical (unpaired) electrons. The lowest BCUT2D eigenvalue weighted by Gasteiger charge is -2.14. The highest BCUT2D eigenvalue weighted by molar-refractivity contribution is 5.79. The average Bonchev–Trinajstić information content (AvgIpc) is 2.84. The van der Waals surface area contributed by atoms with E-state index in [1.807, 2.05) is 31.2 Å². The molecule has 20 heavy (non-hydrogen) atoms. The van der Waals surface area contributed by atoms with E-state index in [2.05, 4.69) is 23.8 Å². The molecule has 0 saturated heterocycles. The van der Waals surface area contributed by atoms with Crippen molar-refractivity contribution in [2.45, 2.75) is 39.5 Å². The first-order valence-electron chi connectivity index (χ1n) is 7.19. The first-order valence-corrected chi connectivity index (χ1v) is 7.19. The van der Waals surface area contributed by atoms with E-state index in [1.165, 1.54) is 0 Å². The van der Waals surface area contributed by atoms with Crippen LogP contribution in [0.1, 0.15) is 44.4 Å². The number of imidazole rings is 1. The Labute approximate surface area is 117 Å². The summed E-state index contributed by atoms with van der Waals surface area (Å²) in [6, 6.07) is 7.75. The van der Waals surface area contributed by atoms with E-state index < -0.39 is 0 Å². The number of hydrogen-bond donors (Lipinski definition) is 1. The molecule has 1 N–H and O–H groups in total. The molecule has 0 aliphatic carbocycles. The van der Waals surface area contributed by atoms with Gasteiger partial charge in [0.15, 0.2) is 0 Å². The molecule has 0 fully saturated rings. The molecule has 3 rings (SSSR count). The summed E-state index contributed by atoms with van der Waals surface area (Å²) in [6.07, 6.45) is 1.73. The summed E-state index contributed by atoms with van der Waals surface area (Å²) in [4.78, 5) is 20.7. The summed E-state index contributed by atoms with van der Waals surface area (Å²) in [5, 5.41) is 0. The van der Waals surface area contributed by atoms with Gasteiger partial charge in [0.2, 0.25) is 5.78 Å². The number of para-hydroxylation sites is 2. The second kappa shape index (κ2) is 4.78. The van der Waals surface area contributed by atoms with Crippen molar-refractivity contribution >= 4 is 16.8 Å². The van der Waals surface area contributed by atoms with Crippen LogP contribution in [0.5, 0.6) is 0 Å². The summed E-state index contributed by atoms with van der Waals surface area (Å²) >= 11 is 0. The summed E-state index contributed by atoms with van der Waals surface area (Å²) in [6.45, 7) is 6.31. The Morgan fingerprint density at radius 3 is 2.75 bits per heavy atom. The van der Waals surface area contributed by atoms with Gasteiger partial charge in [-0.05, 0) is 30.9 Å². The maximum absolute atomic E-state index is 12.8. The van der Waals surface area contributed by atoms with Gasteiger partial charge in [-0.2, -0.15) is 0 Å². The van der Waals surface area contributed by atoms with Crippen molar-refractivity contribution in [1.82, 2.24) is 14.4 Å². The van der Waals surface area contributed by atoms with E-state index in [-0.39, 0.29) is 5.56 Å². The number of fused-ring (bicyclic) bond motifs is 3. The Morgan fingerprint density at radius 2 is 2.05 bits per heavy atom. The van der Waals surface area contributed by atoms with Gasteiger partial charge in [0.25, 0.3) is 5.56 Å². The van der Waals surface area contributed by atoms with Crippen LogP contribution in [0.2, 0.25) is 0 Å². The highest BCUT2D eigenvalue weighted by Gasteiger charge is 2.17. The lowest BCUT2D eigenvalue weighted by Crippen LogP contribution is -2.22. The SMILES string of the molecule is CCc1c([C@H](C)CC)[nH]c2nc3ccccc3n2c1=O. The summed E-state index contributed by atoms with van der Waals surface area (Å²) < 4.78 is 1.69. The zero-order valence-electron chi connectivity index (χ0n) is 12.1. The molecule has 0 amide bonds. The largest absolute Gasteiger partial charge is 0.328 e. The number of H-pyrrole nitrogens is 1. The fourth-order valence-electron chi connectivity index (χ4n) is 2.73. The van der Waals surface area contributed by atoms with Gasteiger partial charge >= 0.3 is 0 Å². The van der Waals surface area contributed by atoms with E-state index in [0.717, 1.165) is 35.1 Å². The Hall–Kier alpha value is -2.10. The normalized spacial score (nSPS) is 13.2. The van der Waals surface area contributed by atoms with Crippen molar-refractivity contribution in [2.24, 2.45) is 0 Å². The Balaban J connectivity index is 2.46. The molecule has 0 aliphatic heterocycles. The van der Waals surface area contributed by atoms with Gasteiger partial charge in [-0.15, -0.1) is 0 Å². The summed E-state index contributed by atoms with van der Waals surface area (Å²) in [7, 11) is 0. The fraction of sp³-hybridized carbons (Fsp3) is 0.375. The fourth-order valence-corrected chi connectivity index (χ4v) is 2.73. The quantitative estimate of drug-likeness (QED) is 0.793.